The Bertz CT molecular complexity index is 1130. The number of carbonyl (C=O) groups is 1. The van der Waals surface area contributed by atoms with Crippen LogP contribution in [0.3, 0.4) is 0 Å². The van der Waals surface area contributed by atoms with E-state index in [1.165, 1.54) is 17.3 Å². The molecule has 0 aliphatic rings. The number of carbonyl (C=O) groups excluding carboxylic acids is 1. The SMILES string of the molecule is CN=CN.CNCCCCc1ccc(OCC(O)CO)c2ccccc12.Nc1nc(N)c(C=O)nc1Cl. The number of aliphatic imine (C=N–C) groups is 1. The molecule has 0 spiro atoms. The Morgan fingerprint density at radius 3 is 2.41 bits per heavy atom. The van der Waals surface area contributed by atoms with Gasteiger partial charge in [0.15, 0.2) is 23.1 Å². The number of anilines is 2. The number of nitrogens with zero attached hydrogens (tertiary/aromatic N) is 3. The lowest BCUT2D eigenvalue weighted by atomic mass is 9.99. The standard InChI is InChI=1S/C18H25NO3.C5H5ClN4O.C2H6N2/c1-19-11-5-4-6-14-9-10-18(22-13-15(21)12-20)17-8-3-2-7-16(14)17;6-3-5(8)10-4(7)2(1-11)9-3;1-4-2-3/h2-3,7-10,15,19-21H,4-6,11-13H2,1H3;1H,(H4,7,8,10);2H,1H3,(H2,3,4). The van der Waals surface area contributed by atoms with Crippen molar-refractivity contribution in [1.29, 1.82) is 0 Å². The van der Waals surface area contributed by atoms with E-state index >= 15 is 0 Å². The van der Waals surface area contributed by atoms with Gasteiger partial charge in [-0.2, -0.15) is 0 Å². The van der Waals surface area contributed by atoms with Crippen LogP contribution in [0.2, 0.25) is 5.15 Å². The van der Waals surface area contributed by atoms with Crippen molar-refractivity contribution in [2.75, 3.05) is 45.3 Å². The third-order valence-corrected chi connectivity index (χ3v) is 5.21. The van der Waals surface area contributed by atoms with E-state index in [9.17, 15) is 9.90 Å². The number of fused-ring (bicyclic) bond motifs is 1. The van der Waals surface area contributed by atoms with Gasteiger partial charge in [0.2, 0.25) is 0 Å². The fourth-order valence-electron chi connectivity index (χ4n) is 3.07. The number of aromatic nitrogens is 2. The molecule has 0 bridgehead atoms. The Hall–Kier alpha value is -3.51. The Balaban J connectivity index is 0.000000379. The van der Waals surface area contributed by atoms with Gasteiger partial charge in [0.1, 0.15) is 24.2 Å². The molecule has 1 unspecified atom stereocenters. The highest BCUT2D eigenvalue weighted by Gasteiger charge is 2.09. The van der Waals surface area contributed by atoms with Crippen LogP contribution in [-0.2, 0) is 6.42 Å². The van der Waals surface area contributed by atoms with Gasteiger partial charge in [-0.05, 0) is 49.9 Å². The monoisotopic (exact) mass is 533 g/mol. The molecule has 0 aliphatic heterocycles. The first kappa shape index (κ1) is 31.5. The van der Waals surface area contributed by atoms with Gasteiger partial charge in [-0.1, -0.05) is 41.9 Å². The third-order valence-electron chi connectivity index (χ3n) is 4.93. The van der Waals surface area contributed by atoms with E-state index in [0.29, 0.717) is 6.29 Å². The van der Waals surface area contributed by atoms with Crippen LogP contribution < -0.4 is 27.3 Å². The molecule has 3 rings (SSSR count). The maximum absolute atomic E-state index is 10.2. The average molecular weight is 534 g/mol. The summed E-state index contributed by atoms with van der Waals surface area (Å²) in [4.78, 5) is 20.7. The van der Waals surface area contributed by atoms with Gasteiger partial charge in [0.25, 0.3) is 0 Å². The van der Waals surface area contributed by atoms with Crippen molar-refractivity contribution in [3.63, 3.8) is 0 Å². The van der Waals surface area contributed by atoms with E-state index < -0.39 is 6.10 Å². The van der Waals surface area contributed by atoms with E-state index in [0.717, 1.165) is 36.9 Å². The second-order valence-corrected chi connectivity index (χ2v) is 8.03. The molecule has 0 fully saturated rings. The van der Waals surface area contributed by atoms with Crippen LogP contribution in [0.25, 0.3) is 10.8 Å². The van der Waals surface area contributed by atoms with E-state index in [4.69, 9.17) is 38.6 Å². The molecule has 0 aliphatic carbocycles. The zero-order chi connectivity index (χ0) is 27.6. The molecule has 12 heteroatoms. The highest BCUT2D eigenvalue weighted by atomic mass is 35.5. The van der Waals surface area contributed by atoms with Gasteiger partial charge in [-0.25, -0.2) is 9.97 Å². The van der Waals surface area contributed by atoms with E-state index in [-0.39, 0.29) is 35.7 Å². The highest BCUT2D eigenvalue weighted by Crippen LogP contribution is 2.29. The number of halogens is 1. The maximum Gasteiger partial charge on any atom is 0.172 e. The predicted octanol–water partition coefficient (Wildman–Crippen LogP) is 1.82. The fraction of sp³-hybridized carbons (Fsp3) is 0.360. The molecule has 202 valence electrons. The lowest BCUT2D eigenvalue weighted by Gasteiger charge is -2.14. The van der Waals surface area contributed by atoms with Crippen molar-refractivity contribution in [3.8, 4) is 5.75 Å². The lowest BCUT2D eigenvalue weighted by molar-refractivity contribution is 0.0541. The van der Waals surface area contributed by atoms with E-state index in [1.54, 1.807) is 7.05 Å². The highest BCUT2D eigenvalue weighted by molar-refractivity contribution is 6.31. The molecule has 1 aromatic heterocycles. The predicted molar refractivity (Wildman–Crippen MR) is 149 cm³/mol. The molecule has 9 N–H and O–H groups in total. The van der Waals surface area contributed by atoms with E-state index in [1.807, 2.05) is 31.3 Å². The van der Waals surface area contributed by atoms with Crippen molar-refractivity contribution in [2.45, 2.75) is 25.4 Å². The summed E-state index contributed by atoms with van der Waals surface area (Å²) in [6.07, 6.45) is 4.22. The number of rotatable bonds is 10. The summed E-state index contributed by atoms with van der Waals surface area (Å²) < 4.78 is 5.65. The van der Waals surface area contributed by atoms with Gasteiger partial charge < -0.3 is 37.5 Å². The van der Waals surface area contributed by atoms with Crippen molar-refractivity contribution < 1.29 is 19.7 Å². The minimum atomic E-state index is -0.847. The minimum Gasteiger partial charge on any atom is -0.490 e. The molecule has 1 heterocycles. The van der Waals surface area contributed by atoms with Crippen LogP contribution in [0.1, 0.15) is 28.9 Å². The number of aliphatic hydroxyl groups excluding tert-OH is 2. The molecule has 0 saturated heterocycles. The number of hydrogen-bond acceptors (Lipinski definition) is 10. The van der Waals surface area contributed by atoms with Crippen LogP contribution in [0.15, 0.2) is 41.4 Å². The number of nitrogen functional groups attached to an aromatic ring is 2. The lowest BCUT2D eigenvalue weighted by Crippen LogP contribution is -2.21. The summed E-state index contributed by atoms with van der Waals surface area (Å²) >= 11 is 5.45. The first-order valence-corrected chi connectivity index (χ1v) is 11.9. The molecule has 2 aromatic carbocycles. The van der Waals surface area contributed by atoms with Gasteiger partial charge in [-0.15, -0.1) is 0 Å². The van der Waals surface area contributed by atoms with Crippen molar-refractivity contribution >= 4 is 46.6 Å². The van der Waals surface area contributed by atoms with Gasteiger partial charge >= 0.3 is 0 Å². The second-order valence-electron chi connectivity index (χ2n) is 7.67. The normalized spacial score (nSPS) is 11.3. The number of nitrogens with two attached hydrogens (primary N) is 3. The second kappa shape index (κ2) is 17.8. The Morgan fingerprint density at radius 1 is 1.14 bits per heavy atom. The molecule has 11 nitrogen and oxygen atoms in total. The first-order valence-electron chi connectivity index (χ1n) is 11.6. The molecular formula is C25H36ClN7O4. The van der Waals surface area contributed by atoms with Crippen LogP contribution in [0.4, 0.5) is 11.6 Å². The third kappa shape index (κ3) is 11.0. The molecule has 1 atom stereocenters. The number of aldehydes is 1. The Labute approximate surface area is 221 Å². The zero-order valence-corrected chi connectivity index (χ0v) is 21.9. The number of ether oxygens (including phenoxy) is 1. The van der Waals surface area contributed by atoms with E-state index in [2.05, 4.69) is 32.4 Å². The van der Waals surface area contributed by atoms with Crippen molar-refractivity contribution in [2.24, 2.45) is 10.7 Å². The number of aliphatic hydroxyl groups is 2. The van der Waals surface area contributed by atoms with Crippen molar-refractivity contribution in [1.82, 2.24) is 15.3 Å². The number of benzene rings is 2. The summed E-state index contributed by atoms with van der Waals surface area (Å²) in [6, 6.07) is 12.2. The largest absolute Gasteiger partial charge is 0.490 e. The average Bonchev–Trinajstić information content (AvgIpc) is 2.92. The molecule has 0 radical (unpaired) electrons. The number of nitrogens with one attached hydrogen (secondary N) is 1. The molecule has 3 aromatic rings. The van der Waals surface area contributed by atoms with Gasteiger partial charge in [0, 0.05) is 12.4 Å². The van der Waals surface area contributed by atoms with Crippen LogP contribution in [0, 0.1) is 0 Å². The Kier molecular flexibility index (Phi) is 15.2. The first-order chi connectivity index (χ1) is 17.8. The zero-order valence-electron chi connectivity index (χ0n) is 21.1. The number of aryl methyl sites for hydroxylation is 1. The summed E-state index contributed by atoms with van der Waals surface area (Å²) in [7, 11) is 3.60. The summed E-state index contributed by atoms with van der Waals surface area (Å²) in [5.41, 5.74) is 16.6. The van der Waals surface area contributed by atoms with Crippen LogP contribution in [0.5, 0.6) is 5.75 Å². The minimum absolute atomic E-state index is 0.00389. The molecule has 0 saturated carbocycles. The van der Waals surface area contributed by atoms with Gasteiger partial charge in [0.05, 0.1) is 12.9 Å². The number of hydrogen-bond donors (Lipinski definition) is 6. The van der Waals surface area contributed by atoms with Crippen LogP contribution >= 0.6 is 11.6 Å². The van der Waals surface area contributed by atoms with Crippen molar-refractivity contribution in [3.05, 3.63) is 52.8 Å². The smallest absolute Gasteiger partial charge is 0.172 e. The molecule has 37 heavy (non-hydrogen) atoms. The summed E-state index contributed by atoms with van der Waals surface area (Å²) in [5.74, 6) is 0.763. The number of unbranched alkanes of at least 4 members (excludes halogenated alkanes) is 1. The topological polar surface area (TPSA) is 195 Å². The molecule has 0 amide bonds. The maximum atomic E-state index is 10.2. The van der Waals surface area contributed by atoms with Crippen LogP contribution in [-0.4, -0.2) is 72.8 Å². The quantitative estimate of drug-likeness (QED) is 0.0967. The Morgan fingerprint density at radius 2 is 1.81 bits per heavy atom. The summed E-state index contributed by atoms with van der Waals surface area (Å²) in [5, 5.41) is 23.7. The summed E-state index contributed by atoms with van der Waals surface area (Å²) in [6.45, 7) is 0.849. The van der Waals surface area contributed by atoms with Gasteiger partial charge in [-0.3, -0.25) is 9.79 Å². The fourth-order valence-corrected chi connectivity index (χ4v) is 3.21. The molecular weight excluding hydrogens is 498 g/mol.